The van der Waals surface area contributed by atoms with Gasteiger partial charge in [-0.1, -0.05) is 30.7 Å². The van der Waals surface area contributed by atoms with Gasteiger partial charge in [0.15, 0.2) is 0 Å². The van der Waals surface area contributed by atoms with Crippen LogP contribution < -0.4 is 5.32 Å². The molecule has 4 rings (SSSR count). The van der Waals surface area contributed by atoms with Crippen LogP contribution in [0.3, 0.4) is 0 Å². The van der Waals surface area contributed by atoms with Gasteiger partial charge in [0, 0.05) is 19.6 Å². The first-order valence-electron chi connectivity index (χ1n) is 9.44. The van der Waals surface area contributed by atoms with Crippen LogP contribution in [0.4, 0.5) is 4.79 Å². The smallest absolute Gasteiger partial charge is 0.317 e. The number of aryl methyl sites for hydroxylation is 1. The van der Waals surface area contributed by atoms with Gasteiger partial charge in [-0.05, 0) is 55.1 Å². The van der Waals surface area contributed by atoms with Crippen molar-refractivity contribution in [3.8, 4) is 0 Å². The Bertz CT molecular complexity index is 689. The molecule has 1 unspecified atom stereocenters. The van der Waals surface area contributed by atoms with Gasteiger partial charge in [0.1, 0.15) is 0 Å². The number of carboxylic acids is 1. The minimum atomic E-state index is -0.729. The molecule has 2 aliphatic carbocycles. The third kappa shape index (κ3) is 2.79. The summed E-state index contributed by atoms with van der Waals surface area (Å²) in [6.07, 6.45) is 5.83. The molecule has 2 fully saturated rings. The Morgan fingerprint density at radius 2 is 2.12 bits per heavy atom. The van der Waals surface area contributed by atoms with E-state index in [-0.39, 0.29) is 11.9 Å². The van der Waals surface area contributed by atoms with E-state index >= 15 is 0 Å². The maximum absolute atomic E-state index is 12.5. The highest BCUT2D eigenvalue weighted by Crippen LogP contribution is 2.48. The highest BCUT2D eigenvalue weighted by Gasteiger charge is 2.55. The van der Waals surface area contributed by atoms with E-state index < -0.39 is 11.4 Å². The molecule has 0 aromatic heterocycles. The molecule has 2 N–H and O–H groups in total. The minimum absolute atomic E-state index is 0.0960. The molecule has 1 heterocycles. The number of hydrogen-bond acceptors (Lipinski definition) is 2. The molecule has 1 saturated carbocycles. The number of carbonyl (C=O) groups is 2. The normalized spacial score (nSPS) is 30.2. The van der Waals surface area contributed by atoms with Crippen LogP contribution in [0.5, 0.6) is 0 Å². The number of carbonyl (C=O) groups excluding carboxylic acids is 1. The van der Waals surface area contributed by atoms with Gasteiger partial charge >= 0.3 is 12.0 Å². The average molecular weight is 342 g/mol. The van der Waals surface area contributed by atoms with Crippen molar-refractivity contribution in [3.05, 3.63) is 35.4 Å². The van der Waals surface area contributed by atoms with Crippen LogP contribution in [0.15, 0.2) is 24.3 Å². The number of nitrogens with zero attached hydrogens (tertiary/aromatic N) is 1. The Morgan fingerprint density at radius 1 is 1.28 bits per heavy atom. The third-order valence-electron chi connectivity index (χ3n) is 6.61. The Labute approximate surface area is 148 Å². The highest BCUT2D eigenvalue weighted by molar-refractivity contribution is 5.80. The van der Waals surface area contributed by atoms with Crippen LogP contribution in [0.2, 0.25) is 0 Å². The number of aliphatic carboxylic acids is 1. The van der Waals surface area contributed by atoms with Crippen molar-refractivity contribution in [2.45, 2.75) is 44.4 Å². The lowest BCUT2D eigenvalue weighted by Crippen LogP contribution is -2.42. The van der Waals surface area contributed by atoms with E-state index in [1.54, 1.807) is 4.90 Å². The Hall–Kier alpha value is -2.04. The van der Waals surface area contributed by atoms with Crippen molar-refractivity contribution in [2.75, 3.05) is 19.6 Å². The molecule has 0 spiro atoms. The monoisotopic (exact) mass is 342 g/mol. The lowest BCUT2D eigenvalue weighted by molar-refractivity contribution is -0.149. The van der Waals surface area contributed by atoms with Gasteiger partial charge in [-0.15, -0.1) is 0 Å². The van der Waals surface area contributed by atoms with E-state index in [0.717, 1.165) is 32.1 Å². The average Bonchev–Trinajstić information content (AvgIpc) is 3.27. The Kier molecular flexibility index (Phi) is 4.18. The standard InChI is InChI=1S/C20H26N2O3/c23-18(24)20-10-3-5-16(20)12-22(13-20)19(25)21-11-9-15-8-7-14-4-1-2-6-17(14)15/h1-2,4,6,15-16H,3,5,7-13H2,(H,21,25)(H,23,24)/t15?,16-,20+/m0/s1. The third-order valence-corrected chi connectivity index (χ3v) is 6.61. The summed E-state index contributed by atoms with van der Waals surface area (Å²) in [5.74, 6) is -0.0786. The summed E-state index contributed by atoms with van der Waals surface area (Å²) in [4.78, 5) is 25.9. The van der Waals surface area contributed by atoms with E-state index in [1.807, 2.05) is 0 Å². The van der Waals surface area contributed by atoms with Crippen LogP contribution in [0.25, 0.3) is 0 Å². The molecule has 3 atom stereocenters. The first-order chi connectivity index (χ1) is 12.1. The molecule has 1 aromatic rings. The summed E-state index contributed by atoms with van der Waals surface area (Å²) in [6, 6.07) is 8.48. The van der Waals surface area contributed by atoms with Gasteiger partial charge in [0.25, 0.3) is 0 Å². The van der Waals surface area contributed by atoms with E-state index in [1.165, 1.54) is 11.1 Å². The summed E-state index contributed by atoms with van der Waals surface area (Å²) < 4.78 is 0. The molecule has 3 aliphatic rings. The number of likely N-dealkylation sites (tertiary alicyclic amines) is 1. The summed E-state index contributed by atoms with van der Waals surface area (Å²) in [7, 11) is 0. The molecule has 25 heavy (non-hydrogen) atoms. The number of hydrogen-bond donors (Lipinski definition) is 2. The molecule has 5 heteroatoms. The predicted octanol–water partition coefficient (Wildman–Crippen LogP) is 3.00. The second kappa shape index (κ2) is 6.36. The molecule has 1 aromatic carbocycles. The van der Waals surface area contributed by atoms with Gasteiger partial charge in [0.2, 0.25) is 0 Å². The van der Waals surface area contributed by atoms with E-state index in [9.17, 15) is 14.7 Å². The maximum Gasteiger partial charge on any atom is 0.317 e. The van der Waals surface area contributed by atoms with Crippen molar-refractivity contribution in [2.24, 2.45) is 11.3 Å². The molecule has 134 valence electrons. The number of urea groups is 1. The van der Waals surface area contributed by atoms with Crippen molar-refractivity contribution in [1.82, 2.24) is 10.2 Å². The molecule has 5 nitrogen and oxygen atoms in total. The molecular formula is C20H26N2O3. The fourth-order valence-electron chi connectivity index (χ4n) is 5.20. The lowest BCUT2D eigenvalue weighted by Gasteiger charge is -2.23. The van der Waals surface area contributed by atoms with Crippen molar-refractivity contribution < 1.29 is 14.7 Å². The first kappa shape index (κ1) is 16.4. The van der Waals surface area contributed by atoms with Crippen LogP contribution in [0.1, 0.15) is 49.1 Å². The summed E-state index contributed by atoms with van der Waals surface area (Å²) in [6.45, 7) is 1.61. The second-order valence-electron chi connectivity index (χ2n) is 7.89. The quantitative estimate of drug-likeness (QED) is 0.884. The van der Waals surface area contributed by atoms with Gasteiger partial charge in [-0.25, -0.2) is 4.79 Å². The molecule has 0 radical (unpaired) electrons. The summed E-state index contributed by atoms with van der Waals surface area (Å²) in [5.41, 5.74) is 2.17. The van der Waals surface area contributed by atoms with Crippen LogP contribution in [-0.4, -0.2) is 41.6 Å². The first-order valence-corrected chi connectivity index (χ1v) is 9.44. The molecular weight excluding hydrogens is 316 g/mol. The fraction of sp³-hybridized carbons (Fsp3) is 0.600. The van der Waals surface area contributed by atoms with Gasteiger partial charge in [-0.3, -0.25) is 4.79 Å². The van der Waals surface area contributed by atoms with Gasteiger partial charge < -0.3 is 15.3 Å². The van der Waals surface area contributed by atoms with E-state index in [0.29, 0.717) is 32.0 Å². The zero-order valence-electron chi connectivity index (χ0n) is 14.5. The zero-order valence-corrected chi connectivity index (χ0v) is 14.5. The van der Waals surface area contributed by atoms with E-state index in [4.69, 9.17) is 0 Å². The van der Waals surface area contributed by atoms with Crippen LogP contribution >= 0.6 is 0 Å². The van der Waals surface area contributed by atoms with Crippen molar-refractivity contribution in [3.63, 3.8) is 0 Å². The van der Waals surface area contributed by atoms with Crippen molar-refractivity contribution in [1.29, 1.82) is 0 Å². The number of carboxylic acid groups (broad SMARTS) is 1. The number of amides is 2. The van der Waals surface area contributed by atoms with E-state index in [2.05, 4.69) is 29.6 Å². The number of rotatable bonds is 4. The lowest BCUT2D eigenvalue weighted by atomic mass is 9.81. The Balaban J connectivity index is 1.30. The fourth-order valence-corrected chi connectivity index (χ4v) is 5.20. The minimum Gasteiger partial charge on any atom is -0.481 e. The number of benzene rings is 1. The second-order valence-corrected chi connectivity index (χ2v) is 7.89. The summed E-state index contributed by atoms with van der Waals surface area (Å²) in [5, 5.41) is 12.6. The van der Waals surface area contributed by atoms with Crippen LogP contribution in [0, 0.1) is 11.3 Å². The number of fused-ring (bicyclic) bond motifs is 2. The Morgan fingerprint density at radius 3 is 2.92 bits per heavy atom. The maximum atomic E-state index is 12.5. The SMILES string of the molecule is O=C(NCCC1CCc2ccccc21)N1C[C@@H]2CCC[C@@]2(C(=O)O)C1. The predicted molar refractivity (Wildman–Crippen MR) is 94.5 cm³/mol. The number of nitrogens with one attached hydrogen (secondary N) is 1. The summed E-state index contributed by atoms with van der Waals surface area (Å²) >= 11 is 0. The van der Waals surface area contributed by atoms with Crippen LogP contribution in [-0.2, 0) is 11.2 Å². The largest absolute Gasteiger partial charge is 0.481 e. The van der Waals surface area contributed by atoms with Crippen molar-refractivity contribution >= 4 is 12.0 Å². The topological polar surface area (TPSA) is 69.6 Å². The molecule has 0 bridgehead atoms. The molecule has 1 saturated heterocycles. The molecule has 1 aliphatic heterocycles. The van der Waals surface area contributed by atoms with Gasteiger partial charge in [-0.2, -0.15) is 0 Å². The molecule has 2 amide bonds. The highest BCUT2D eigenvalue weighted by atomic mass is 16.4. The zero-order chi connectivity index (χ0) is 17.4. The van der Waals surface area contributed by atoms with Gasteiger partial charge in [0.05, 0.1) is 5.41 Å².